The number of furan rings is 1. The van der Waals surface area contributed by atoms with Gasteiger partial charge in [0.15, 0.2) is 0 Å². The lowest BCUT2D eigenvalue weighted by atomic mass is 9.94. The van der Waals surface area contributed by atoms with Crippen LogP contribution in [0.15, 0.2) is 53.1 Å². The number of aryl methyl sites for hydroxylation is 2. The van der Waals surface area contributed by atoms with Crippen LogP contribution in [0.4, 0.5) is 5.69 Å². The van der Waals surface area contributed by atoms with Crippen molar-refractivity contribution in [1.82, 2.24) is 19.7 Å². The number of carbonyl (C=O) groups is 2. The third kappa shape index (κ3) is 4.94. The summed E-state index contributed by atoms with van der Waals surface area (Å²) in [5, 5.41) is 3.30. The zero-order chi connectivity index (χ0) is 27.9. The summed E-state index contributed by atoms with van der Waals surface area (Å²) < 4.78 is 7.63. The van der Waals surface area contributed by atoms with Crippen LogP contribution < -0.4 is 10.2 Å². The Hall–Kier alpha value is -3.52. The zero-order valence-electron chi connectivity index (χ0n) is 24.0. The summed E-state index contributed by atoms with van der Waals surface area (Å²) in [6.07, 6.45) is 5.93. The minimum absolute atomic E-state index is 0.0581. The topological polar surface area (TPSA) is 74.0 Å². The van der Waals surface area contributed by atoms with E-state index in [0.29, 0.717) is 24.5 Å². The SMILES string of the molecule is Cc1ccc(C)c(N2CCN(CCN3C(=O)c4ccc(-c5ccco5)n4C[C@@]3(C)C(=O)NC3CCCC3)CC2)c1. The van der Waals surface area contributed by atoms with E-state index in [1.54, 1.807) is 6.26 Å². The van der Waals surface area contributed by atoms with Gasteiger partial charge in [-0.2, -0.15) is 0 Å². The van der Waals surface area contributed by atoms with Crippen LogP contribution >= 0.6 is 0 Å². The van der Waals surface area contributed by atoms with Gasteiger partial charge in [-0.25, -0.2) is 0 Å². The van der Waals surface area contributed by atoms with Crippen molar-refractivity contribution < 1.29 is 14.0 Å². The Labute approximate surface area is 236 Å². The molecule has 40 heavy (non-hydrogen) atoms. The van der Waals surface area contributed by atoms with E-state index < -0.39 is 5.54 Å². The fourth-order valence-corrected chi connectivity index (χ4v) is 6.69. The summed E-state index contributed by atoms with van der Waals surface area (Å²) in [6.45, 7) is 11.7. The molecule has 1 saturated carbocycles. The number of benzene rings is 1. The van der Waals surface area contributed by atoms with Gasteiger partial charge in [-0.1, -0.05) is 25.0 Å². The number of fused-ring (bicyclic) bond motifs is 1. The number of amides is 2. The lowest BCUT2D eigenvalue weighted by molar-refractivity contribution is -0.133. The molecule has 3 aliphatic rings. The summed E-state index contributed by atoms with van der Waals surface area (Å²) in [7, 11) is 0. The summed E-state index contributed by atoms with van der Waals surface area (Å²) in [4.78, 5) is 34.6. The lowest BCUT2D eigenvalue weighted by Crippen LogP contribution is -2.66. The molecule has 1 aliphatic carbocycles. The van der Waals surface area contributed by atoms with E-state index in [1.165, 1.54) is 16.8 Å². The number of carbonyl (C=O) groups excluding carboxylic acids is 2. The maximum Gasteiger partial charge on any atom is 0.271 e. The first-order valence-electron chi connectivity index (χ1n) is 14.7. The molecule has 6 rings (SSSR count). The molecule has 2 amide bonds. The number of hydrogen-bond acceptors (Lipinski definition) is 5. The van der Waals surface area contributed by atoms with Crippen LogP contribution in [0.1, 0.15) is 54.2 Å². The standard InChI is InChI=1S/C32H41N5O3/c1-23-10-11-24(2)28(21-23)35-17-14-34(15-18-35)16-19-37-30(38)27-13-12-26(29-9-6-20-40-29)36(27)22-32(37,3)31(39)33-25-7-4-5-8-25/h6,9-13,20-21,25H,4-5,7-8,14-19,22H2,1-3H3,(H,33,39)/t32-/m0/s1. The van der Waals surface area contributed by atoms with Gasteiger partial charge in [-0.05, 0) is 75.1 Å². The molecule has 212 valence electrons. The molecule has 8 nitrogen and oxygen atoms in total. The highest BCUT2D eigenvalue weighted by atomic mass is 16.3. The van der Waals surface area contributed by atoms with Crippen molar-refractivity contribution >= 4 is 17.5 Å². The van der Waals surface area contributed by atoms with Crippen molar-refractivity contribution in [2.75, 3.05) is 44.2 Å². The van der Waals surface area contributed by atoms with Crippen molar-refractivity contribution in [1.29, 1.82) is 0 Å². The Morgan fingerprint density at radius 1 is 1.00 bits per heavy atom. The van der Waals surface area contributed by atoms with E-state index >= 15 is 0 Å². The van der Waals surface area contributed by atoms with Crippen LogP contribution in [0.3, 0.4) is 0 Å². The Morgan fingerprint density at radius 2 is 1.75 bits per heavy atom. The molecule has 4 heterocycles. The van der Waals surface area contributed by atoms with Crippen molar-refractivity contribution in [2.24, 2.45) is 0 Å². The van der Waals surface area contributed by atoms with Crippen LogP contribution in [0, 0.1) is 13.8 Å². The highest BCUT2D eigenvalue weighted by Crippen LogP contribution is 2.34. The molecule has 1 atom stereocenters. The predicted octanol–water partition coefficient (Wildman–Crippen LogP) is 4.46. The summed E-state index contributed by atoms with van der Waals surface area (Å²) in [5.74, 6) is 0.548. The summed E-state index contributed by atoms with van der Waals surface area (Å²) >= 11 is 0. The molecule has 8 heteroatoms. The first-order chi connectivity index (χ1) is 19.3. The first-order valence-corrected chi connectivity index (χ1v) is 14.7. The number of nitrogens with zero attached hydrogens (tertiary/aromatic N) is 4. The minimum atomic E-state index is -0.993. The van der Waals surface area contributed by atoms with Gasteiger partial charge >= 0.3 is 0 Å². The molecule has 1 aromatic carbocycles. The van der Waals surface area contributed by atoms with Crippen molar-refractivity contribution in [3.8, 4) is 11.5 Å². The van der Waals surface area contributed by atoms with Gasteiger partial charge in [0.05, 0.1) is 18.5 Å². The summed E-state index contributed by atoms with van der Waals surface area (Å²) in [5.41, 5.74) is 4.34. The average Bonchev–Trinajstić information content (AvgIpc) is 3.73. The largest absolute Gasteiger partial charge is 0.463 e. The molecule has 0 bridgehead atoms. The van der Waals surface area contributed by atoms with Gasteiger partial charge in [-0.15, -0.1) is 0 Å². The number of anilines is 1. The van der Waals surface area contributed by atoms with Gasteiger partial charge in [0.1, 0.15) is 17.0 Å². The molecule has 3 aromatic rings. The minimum Gasteiger partial charge on any atom is -0.463 e. The molecular weight excluding hydrogens is 502 g/mol. The predicted molar refractivity (Wildman–Crippen MR) is 157 cm³/mol. The maximum atomic E-state index is 14.0. The van der Waals surface area contributed by atoms with E-state index in [1.807, 2.05) is 40.7 Å². The molecule has 2 fully saturated rings. The Balaban J connectivity index is 1.19. The third-order valence-electron chi connectivity index (χ3n) is 9.18. The Kier molecular flexibility index (Phi) is 7.21. The highest BCUT2D eigenvalue weighted by Gasteiger charge is 2.48. The molecule has 2 aliphatic heterocycles. The monoisotopic (exact) mass is 543 g/mol. The second-order valence-corrected chi connectivity index (χ2v) is 12.0. The molecular formula is C32H41N5O3. The van der Waals surface area contributed by atoms with Crippen LogP contribution in [-0.2, 0) is 11.3 Å². The second kappa shape index (κ2) is 10.8. The molecule has 0 unspecified atom stereocenters. The van der Waals surface area contributed by atoms with Crippen molar-refractivity contribution in [3.05, 3.63) is 65.5 Å². The number of nitrogens with one attached hydrogen (secondary N) is 1. The quantitative estimate of drug-likeness (QED) is 0.476. The number of rotatable bonds is 7. The number of hydrogen-bond donors (Lipinski definition) is 1. The highest BCUT2D eigenvalue weighted by molar-refractivity contribution is 6.00. The van der Waals surface area contributed by atoms with E-state index in [-0.39, 0.29) is 17.9 Å². The molecule has 0 spiro atoms. The van der Waals surface area contributed by atoms with E-state index in [4.69, 9.17) is 4.42 Å². The fraction of sp³-hybridized carbons (Fsp3) is 0.500. The maximum absolute atomic E-state index is 14.0. The molecule has 2 aromatic heterocycles. The third-order valence-corrected chi connectivity index (χ3v) is 9.18. The van der Waals surface area contributed by atoms with Crippen molar-refractivity contribution in [2.45, 2.75) is 64.6 Å². The molecule has 1 saturated heterocycles. The van der Waals surface area contributed by atoms with Gasteiger partial charge < -0.3 is 24.1 Å². The smallest absolute Gasteiger partial charge is 0.271 e. The van der Waals surface area contributed by atoms with Crippen LogP contribution in [0.25, 0.3) is 11.5 Å². The van der Waals surface area contributed by atoms with Crippen LogP contribution in [0.5, 0.6) is 0 Å². The van der Waals surface area contributed by atoms with Crippen LogP contribution in [0.2, 0.25) is 0 Å². The Bertz CT molecular complexity index is 1370. The Morgan fingerprint density at radius 3 is 2.48 bits per heavy atom. The number of piperazine rings is 1. The van der Waals surface area contributed by atoms with E-state index in [9.17, 15) is 9.59 Å². The van der Waals surface area contributed by atoms with E-state index in [0.717, 1.165) is 64.1 Å². The molecule has 0 radical (unpaired) electrons. The van der Waals surface area contributed by atoms with Gasteiger partial charge in [0, 0.05) is 51.0 Å². The van der Waals surface area contributed by atoms with E-state index in [2.05, 4.69) is 47.2 Å². The van der Waals surface area contributed by atoms with Crippen molar-refractivity contribution in [3.63, 3.8) is 0 Å². The first kappa shape index (κ1) is 26.7. The average molecular weight is 544 g/mol. The number of aromatic nitrogens is 1. The normalized spacial score (nSPS) is 22.1. The second-order valence-electron chi connectivity index (χ2n) is 12.0. The van der Waals surface area contributed by atoms with Gasteiger partial charge in [0.2, 0.25) is 5.91 Å². The van der Waals surface area contributed by atoms with Gasteiger partial charge in [-0.3, -0.25) is 14.5 Å². The molecule has 1 N–H and O–H groups in total. The zero-order valence-corrected chi connectivity index (χ0v) is 24.0. The lowest BCUT2D eigenvalue weighted by Gasteiger charge is -2.46. The fourth-order valence-electron chi connectivity index (χ4n) is 6.69. The van der Waals surface area contributed by atoms with Crippen LogP contribution in [-0.4, -0.2) is 77.0 Å². The summed E-state index contributed by atoms with van der Waals surface area (Å²) in [6, 6.07) is 14.4. The van der Waals surface area contributed by atoms with Gasteiger partial charge in [0.25, 0.3) is 5.91 Å².